The minimum Gasteiger partial charge on any atom is -0.481 e. The summed E-state index contributed by atoms with van der Waals surface area (Å²) < 4.78 is 0. The zero-order chi connectivity index (χ0) is 12.5. The molecule has 0 aromatic heterocycles. The maximum absolute atomic E-state index is 11.5. The van der Waals surface area contributed by atoms with E-state index in [9.17, 15) is 9.90 Å². The van der Waals surface area contributed by atoms with Crippen molar-refractivity contribution in [3.05, 3.63) is 71.3 Å². The fourth-order valence-electron chi connectivity index (χ4n) is 2.90. The Labute approximate surface area is 106 Å². The van der Waals surface area contributed by atoms with Crippen molar-refractivity contribution < 1.29 is 9.90 Å². The van der Waals surface area contributed by atoms with Gasteiger partial charge in [0.2, 0.25) is 0 Å². The van der Waals surface area contributed by atoms with E-state index in [2.05, 4.69) is 6.07 Å². The van der Waals surface area contributed by atoms with Crippen LogP contribution in [0.5, 0.6) is 0 Å². The molecular formula is C16H14O2. The van der Waals surface area contributed by atoms with Crippen LogP contribution < -0.4 is 0 Å². The lowest BCUT2D eigenvalue weighted by Gasteiger charge is -2.17. The average Bonchev–Trinajstić information content (AvgIpc) is 2.79. The van der Waals surface area contributed by atoms with Crippen LogP contribution in [0, 0.1) is 5.92 Å². The summed E-state index contributed by atoms with van der Waals surface area (Å²) in [5, 5.41) is 9.42. The van der Waals surface area contributed by atoms with Gasteiger partial charge in [-0.3, -0.25) is 4.79 Å². The highest BCUT2D eigenvalue weighted by Crippen LogP contribution is 2.42. The number of carbonyl (C=O) groups is 1. The molecule has 0 bridgehead atoms. The van der Waals surface area contributed by atoms with E-state index in [1.807, 2.05) is 48.5 Å². The molecule has 1 aliphatic carbocycles. The first kappa shape index (κ1) is 11.0. The summed E-state index contributed by atoms with van der Waals surface area (Å²) >= 11 is 0. The predicted octanol–water partition coefficient (Wildman–Crippen LogP) is 3.08. The van der Waals surface area contributed by atoms with Crippen LogP contribution in [0.1, 0.15) is 22.6 Å². The van der Waals surface area contributed by atoms with Gasteiger partial charge in [-0.05, 0) is 23.1 Å². The molecule has 0 radical (unpaired) electrons. The molecule has 2 atom stereocenters. The fraction of sp³-hybridized carbons (Fsp3) is 0.188. The van der Waals surface area contributed by atoms with Crippen LogP contribution in [0.2, 0.25) is 0 Å². The Kier molecular flexibility index (Phi) is 2.63. The van der Waals surface area contributed by atoms with Crippen LogP contribution >= 0.6 is 0 Å². The smallest absolute Gasteiger partial charge is 0.307 e. The molecule has 18 heavy (non-hydrogen) atoms. The molecule has 2 aromatic rings. The van der Waals surface area contributed by atoms with Gasteiger partial charge in [0.05, 0.1) is 5.92 Å². The molecule has 1 N–H and O–H groups in total. The Balaban J connectivity index is 2.11. The fourth-order valence-corrected chi connectivity index (χ4v) is 2.90. The SMILES string of the molecule is O=C(O)C1Cc2ccccc2C1c1ccccc1. The molecule has 0 aliphatic heterocycles. The summed E-state index contributed by atoms with van der Waals surface area (Å²) in [4.78, 5) is 11.5. The first-order valence-corrected chi connectivity index (χ1v) is 6.13. The number of hydrogen-bond donors (Lipinski definition) is 1. The van der Waals surface area contributed by atoms with Crippen molar-refractivity contribution >= 4 is 5.97 Å². The van der Waals surface area contributed by atoms with Crippen molar-refractivity contribution in [2.24, 2.45) is 5.92 Å². The number of carboxylic acids is 1. The van der Waals surface area contributed by atoms with Gasteiger partial charge in [-0.15, -0.1) is 0 Å². The van der Waals surface area contributed by atoms with Crippen LogP contribution in [0.25, 0.3) is 0 Å². The van der Waals surface area contributed by atoms with Crippen molar-refractivity contribution in [3.8, 4) is 0 Å². The second-order valence-corrected chi connectivity index (χ2v) is 4.74. The van der Waals surface area contributed by atoms with Gasteiger partial charge < -0.3 is 5.11 Å². The number of fused-ring (bicyclic) bond motifs is 1. The van der Waals surface area contributed by atoms with Crippen LogP contribution in [0.4, 0.5) is 0 Å². The van der Waals surface area contributed by atoms with Crippen molar-refractivity contribution in [2.75, 3.05) is 0 Å². The van der Waals surface area contributed by atoms with Crippen molar-refractivity contribution in [3.63, 3.8) is 0 Å². The van der Waals surface area contributed by atoms with E-state index in [0.29, 0.717) is 6.42 Å². The van der Waals surface area contributed by atoms with Crippen molar-refractivity contribution in [1.29, 1.82) is 0 Å². The lowest BCUT2D eigenvalue weighted by atomic mass is 9.86. The van der Waals surface area contributed by atoms with Crippen LogP contribution in [-0.2, 0) is 11.2 Å². The average molecular weight is 238 g/mol. The Morgan fingerprint density at radius 1 is 1.00 bits per heavy atom. The molecule has 0 spiro atoms. The Bertz CT molecular complexity index is 575. The molecule has 3 rings (SSSR count). The zero-order valence-electron chi connectivity index (χ0n) is 9.91. The Morgan fingerprint density at radius 3 is 2.39 bits per heavy atom. The van der Waals surface area contributed by atoms with E-state index < -0.39 is 5.97 Å². The quantitative estimate of drug-likeness (QED) is 0.873. The van der Waals surface area contributed by atoms with Gasteiger partial charge >= 0.3 is 5.97 Å². The molecule has 0 saturated heterocycles. The van der Waals surface area contributed by atoms with Gasteiger partial charge in [-0.1, -0.05) is 54.6 Å². The molecule has 2 heteroatoms. The van der Waals surface area contributed by atoms with Crippen LogP contribution in [0.3, 0.4) is 0 Å². The van der Waals surface area contributed by atoms with Gasteiger partial charge in [-0.2, -0.15) is 0 Å². The summed E-state index contributed by atoms with van der Waals surface area (Å²) in [6, 6.07) is 18.0. The Hall–Kier alpha value is -2.09. The molecule has 2 aromatic carbocycles. The van der Waals surface area contributed by atoms with E-state index in [-0.39, 0.29) is 11.8 Å². The standard InChI is InChI=1S/C16H14O2/c17-16(18)14-10-12-8-4-5-9-13(12)15(14)11-6-2-1-3-7-11/h1-9,14-15H,10H2,(H,17,18). The molecule has 0 amide bonds. The summed E-state index contributed by atoms with van der Waals surface area (Å²) in [5.41, 5.74) is 3.42. The summed E-state index contributed by atoms with van der Waals surface area (Å²) in [5.74, 6) is -1.07. The third-order valence-corrected chi connectivity index (χ3v) is 3.71. The van der Waals surface area contributed by atoms with E-state index in [1.54, 1.807) is 0 Å². The molecule has 90 valence electrons. The van der Waals surface area contributed by atoms with E-state index >= 15 is 0 Å². The number of hydrogen-bond acceptors (Lipinski definition) is 1. The molecule has 0 fully saturated rings. The van der Waals surface area contributed by atoms with Crippen LogP contribution in [0.15, 0.2) is 54.6 Å². The third kappa shape index (κ3) is 1.70. The molecular weight excluding hydrogens is 224 g/mol. The van der Waals surface area contributed by atoms with E-state index in [0.717, 1.165) is 11.1 Å². The first-order valence-electron chi connectivity index (χ1n) is 6.13. The zero-order valence-corrected chi connectivity index (χ0v) is 9.91. The summed E-state index contributed by atoms with van der Waals surface area (Å²) in [7, 11) is 0. The Morgan fingerprint density at radius 2 is 1.67 bits per heavy atom. The number of rotatable bonds is 2. The van der Waals surface area contributed by atoms with Gasteiger partial charge in [0.15, 0.2) is 0 Å². The monoisotopic (exact) mass is 238 g/mol. The minimum atomic E-state index is -0.708. The van der Waals surface area contributed by atoms with E-state index in [1.165, 1.54) is 5.56 Å². The molecule has 2 nitrogen and oxygen atoms in total. The minimum absolute atomic E-state index is 0.0140. The predicted molar refractivity (Wildman–Crippen MR) is 69.6 cm³/mol. The lowest BCUT2D eigenvalue weighted by molar-refractivity contribution is -0.141. The molecule has 2 unspecified atom stereocenters. The number of benzene rings is 2. The van der Waals surface area contributed by atoms with Crippen LogP contribution in [-0.4, -0.2) is 11.1 Å². The first-order chi connectivity index (χ1) is 8.77. The molecule has 0 heterocycles. The highest BCUT2D eigenvalue weighted by atomic mass is 16.4. The summed E-state index contributed by atoms with van der Waals surface area (Å²) in [6.07, 6.45) is 0.630. The normalized spacial score (nSPS) is 21.6. The molecule has 1 aliphatic rings. The summed E-state index contributed by atoms with van der Waals surface area (Å²) in [6.45, 7) is 0. The van der Waals surface area contributed by atoms with Gasteiger partial charge in [-0.25, -0.2) is 0 Å². The second kappa shape index (κ2) is 4.30. The lowest BCUT2D eigenvalue weighted by Crippen LogP contribution is -2.19. The van der Waals surface area contributed by atoms with Crippen molar-refractivity contribution in [1.82, 2.24) is 0 Å². The number of carboxylic acid groups (broad SMARTS) is 1. The van der Waals surface area contributed by atoms with Gasteiger partial charge in [0, 0.05) is 5.92 Å². The third-order valence-electron chi connectivity index (χ3n) is 3.71. The second-order valence-electron chi connectivity index (χ2n) is 4.74. The maximum Gasteiger partial charge on any atom is 0.307 e. The topological polar surface area (TPSA) is 37.3 Å². The highest BCUT2D eigenvalue weighted by Gasteiger charge is 2.37. The highest BCUT2D eigenvalue weighted by molar-refractivity contribution is 5.75. The van der Waals surface area contributed by atoms with Crippen molar-refractivity contribution in [2.45, 2.75) is 12.3 Å². The van der Waals surface area contributed by atoms with Gasteiger partial charge in [0.1, 0.15) is 0 Å². The van der Waals surface area contributed by atoms with Gasteiger partial charge in [0.25, 0.3) is 0 Å². The molecule has 0 saturated carbocycles. The number of aliphatic carboxylic acids is 1. The largest absolute Gasteiger partial charge is 0.481 e. The maximum atomic E-state index is 11.5. The van der Waals surface area contributed by atoms with E-state index in [4.69, 9.17) is 0 Å².